The molecule has 1 aromatic carbocycles. The van der Waals surface area contributed by atoms with Crippen molar-refractivity contribution >= 4 is 17.3 Å². The Bertz CT molecular complexity index is 470. The van der Waals surface area contributed by atoms with Gasteiger partial charge in [0.15, 0.2) is 0 Å². The van der Waals surface area contributed by atoms with E-state index in [0.717, 1.165) is 24.3 Å². The second-order valence-corrected chi connectivity index (χ2v) is 4.46. The number of carbonyl (C=O) groups is 1. The molecular formula is C13H19N3O3. The fourth-order valence-electron chi connectivity index (χ4n) is 2.00. The number of ether oxygens (including phenoxy) is 2. The molecule has 0 aromatic heterocycles. The molecule has 0 radical (unpaired) electrons. The first-order valence-electron chi connectivity index (χ1n) is 6.19. The third kappa shape index (κ3) is 3.15. The Hall–Kier alpha value is -1.79. The van der Waals surface area contributed by atoms with Crippen LogP contribution < -0.4 is 11.2 Å². The first kappa shape index (κ1) is 13.6. The molecule has 0 aliphatic carbocycles. The molecule has 1 aliphatic rings. The van der Waals surface area contributed by atoms with Crippen LogP contribution in [0.15, 0.2) is 12.1 Å². The highest BCUT2D eigenvalue weighted by Gasteiger charge is 2.15. The van der Waals surface area contributed by atoms with Gasteiger partial charge in [-0.15, -0.1) is 0 Å². The minimum atomic E-state index is -0.425. The predicted molar refractivity (Wildman–Crippen MR) is 72.9 cm³/mol. The SMILES string of the molecule is COC(=O)c1cc(NN2CCOCC2)cc(C)c1N. The number of nitrogens with two attached hydrogens (primary N) is 1. The van der Waals surface area contributed by atoms with Crippen LogP contribution in [0.1, 0.15) is 15.9 Å². The number of esters is 1. The van der Waals surface area contributed by atoms with Crippen molar-refractivity contribution in [1.82, 2.24) is 5.01 Å². The van der Waals surface area contributed by atoms with Gasteiger partial charge in [0.05, 0.1) is 31.6 Å². The van der Waals surface area contributed by atoms with Crippen LogP contribution >= 0.6 is 0 Å². The third-order valence-corrected chi connectivity index (χ3v) is 3.09. The minimum absolute atomic E-state index is 0.387. The number of nitrogens with zero attached hydrogens (tertiary/aromatic N) is 1. The molecule has 6 nitrogen and oxygen atoms in total. The monoisotopic (exact) mass is 265 g/mol. The zero-order valence-electron chi connectivity index (χ0n) is 11.2. The molecule has 1 heterocycles. The highest BCUT2D eigenvalue weighted by molar-refractivity contribution is 5.97. The number of benzene rings is 1. The van der Waals surface area contributed by atoms with E-state index >= 15 is 0 Å². The number of nitrogen functional groups attached to an aromatic ring is 1. The van der Waals surface area contributed by atoms with Gasteiger partial charge in [-0.05, 0) is 24.6 Å². The van der Waals surface area contributed by atoms with Crippen molar-refractivity contribution in [2.24, 2.45) is 0 Å². The minimum Gasteiger partial charge on any atom is -0.465 e. The number of hydrogen-bond acceptors (Lipinski definition) is 6. The van der Waals surface area contributed by atoms with E-state index in [4.69, 9.17) is 15.2 Å². The lowest BCUT2D eigenvalue weighted by atomic mass is 10.1. The Morgan fingerprint density at radius 3 is 2.74 bits per heavy atom. The van der Waals surface area contributed by atoms with E-state index in [1.807, 2.05) is 13.0 Å². The largest absolute Gasteiger partial charge is 0.465 e. The lowest BCUT2D eigenvalue weighted by Crippen LogP contribution is -2.40. The van der Waals surface area contributed by atoms with Gasteiger partial charge in [-0.2, -0.15) is 0 Å². The molecule has 104 valence electrons. The molecule has 0 spiro atoms. The van der Waals surface area contributed by atoms with E-state index in [9.17, 15) is 4.79 Å². The number of nitrogens with one attached hydrogen (secondary N) is 1. The number of anilines is 2. The van der Waals surface area contributed by atoms with Crippen molar-refractivity contribution in [2.45, 2.75) is 6.92 Å². The summed E-state index contributed by atoms with van der Waals surface area (Å²) in [5.41, 5.74) is 11.7. The van der Waals surface area contributed by atoms with Crippen LogP contribution in [0, 0.1) is 6.92 Å². The van der Waals surface area contributed by atoms with Gasteiger partial charge in [-0.1, -0.05) is 0 Å². The summed E-state index contributed by atoms with van der Waals surface area (Å²) in [6.45, 7) is 4.87. The van der Waals surface area contributed by atoms with Crippen LogP contribution in [-0.4, -0.2) is 44.4 Å². The maximum atomic E-state index is 11.7. The standard InChI is InChI=1S/C13H19N3O3/c1-9-7-10(15-16-3-5-19-6-4-16)8-11(12(9)14)13(17)18-2/h7-8,15H,3-6,14H2,1-2H3. The van der Waals surface area contributed by atoms with Gasteiger partial charge in [0.25, 0.3) is 0 Å². The molecule has 1 fully saturated rings. The van der Waals surface area contributed by atoms with Crippen LogP contribution in [0.3, 0.4) is 0 Å². The number of aryl methyl sites for hydroxylation is 1. The summed E-state index contributed by atoms with van der Waals surface area (Å²) in [6.07, 6.45) is 0. The van der Waals surface area contributed by atoms with Crippen LogP contribution in [0.2, 0.25) is 0 Å². The Morgan fingerprint density at radius 2 is 2.11 bits per heavy atom. The van der Waals surface area contributed by atoms with Crippen molar-refractivity contribution in [1.29, 1.82) is 0 Å². The Labute approximate surface area is 112 Å². The van der Waals surface area contributed by atoms with E-state index in [-0.39, 0.29) is 0 Å². The molecule has 0 bridgehead atoms. The molecule has 1 aromatic rings. The first-order valence-corrected chi connectivity index (χ1v) is 6.19. The van der Waals surface area contributed by atoms with Crippen LogP contribution in [0.5, 0.6) is 0 Å². The Morgan fingerprint density at radius 1 is 1.42 bits per heavy atom. The highest BCUT2D eigenvalue weighted by atomic mass is 16.5. The van der Waals surface area contributed by atoms with Crippen LogP contribution in [0.25, 0.3) is 0 Å². The van der Waals surface area contributed by atoms with Crippen molar-refractivity contribution < 1.29 is 14.3 Å². The summed E-state index contributed by atoms with van der Waals surface area (Å²) >= 11 is 0. The maximum Gasteiger partial charge on any atom is 0.340 e. The summed E-state index contributed by atoms with van der Waals surface area (Å²) in [7, 11) is 1.35. The fourth-order valence-corrected chi connectivity index (χ4v) is 2.00. The number of methoxy groups -OCH3 is 1. The molecular weight excluding hydrogens is 246 g/mol. The zero-order chi connectivity index (χ0) is 13.8. The second kappa shape index (κ2) is 5.90. The predicted octanol–water partition coefficient (Wildman–Crippen LogP) is 1.02. The smallest absolute Gasteiger partial charge is 0.340 e. The summed E-state index contributed by atoms with van der Waals surface area (Å²) < 4.78 is 10.0. The Kier molecular flexibility index (Phi) is 4.24. The van der Waals surface area contributed by atoms with E-state index in [2.05, 4.69) is 10.4 Å². The van der Waals surface area contributed by atoms with Gasteiger partial charge in [-0.3, -0.25) is 0 Å². The summed E-state index contributed by atoms with van der Waals surface area (Å²) in [4.78, 5) is 11.7. The van der Waals surface area contributed by atoms with Crippen LogP contribution in [-0.2, 0) is 9.47 Å². The van der Waals surface area contributed by atoms with Gasteiger partial charge < -0.3 is 20.6 Å². The second-order valence-electron chi connectivity index (χ2n) is 4.46. The van der Waals surface area contributed by atoms with Crippen molar-refractivity contribution in [3.63, 3.8) is 0 Å². The van der Waals surface area contributed by atoms with Crippen LogP contribution in [0.4, 0.5) is 11.4 Å². The fraction of sp³-hybridized carbons (Fsp3) is 0.462. The number of hydrogen-bond donors (Lipinski definition) is 2. The quantitative estimate of drug-likeness (QED) is 0.628. The number of hydrazine groups is 1. The molecule has 0 amide bonds. The number of morpholine rings is 1. The highest BCUT2D eigenvalue weighted by Crippen LogP contribution is 2.24. The van der Waals surface area contributed by atoms with E-state index in [0.29, 0.717) is 24.5 Å². The van der Waals surface area contributed by atoms with E-state index in [1.165, 1.54) is 7.11 Å². The summed E-state index contributed by atoms with van der Waals surface area (Å²) in [5.74, 6) is -0.425. The topological polar surface area (TPSA) is 76.8 Å². The maximum absolute atomic E-state index is 11.7. The average Bonchev–Trinajstić information content (AvgIpc) is 2.43. The average molecular weight is 265 g/mol. The van der Waals surface area contributed by atoms with Crippen molar-refractivity contribution in [2.75, 3.05) is 44.6 Å². The van der Waals surface area contributed by atoms with Crippen molar-refractivity contribution in [3.05, 3.63) is 23.3 Å². The summed E-state index contributed by atoms with van der Waals surface area (Å²) in [6, 6.07) is 3.63. The number of carbonyl (C=O) groups excluding carboxylic acids is 1. The van der Waals surface area contributed by atoms with Crippen molar-refractivity contribution in [3.8, 4) is 0 Å². The normalized spacial score (nSPS) is 16.1. The van der Waals surface area contributed by atoms with Gasteiger partial charge in [0.2, 0.25) is 0 Å². The lowest BCUT2D eigenvalue weighted by molar-refractivity contribution is 0.0496. The van der Waals surface area contributed by atoms with Gasteiger partial charge in [-0.25, -0.2) is 9.80 Å². The molecule has 19 heavy (non-hydrogen) atoms. The van der Waals surface area contributed by atoms with Gasteiger partial charge in [0.1, 0.15) is 0 Å². The van der Waals surface area contributed by atoms with E-state index in [1.54, 1.807) is 6.07 Å². The third-order valence-electron chi connectivity index (χ3n) is 3.09. The molecule has 0 saturated carbocycles. The molecule has 3 N–H and O–H groups in total. The molecule has 0 atom stereocenters. The molecule has 2 rings (SSSR count). The van der Waals surface area contributed by atoms with E-state index < -0.39 is 5.97 Å². The molecule has 0 unspecified atom stereocenters. The Balaban J connectivity index is 2.20. The first-order chi connectivity index (χ1) is 9.11. The van der Waals surface area contributed by atoms with Gasteiger partial charge >= 0.3 is 5.97 Å². The molecule has 6 heteroatoms. The molecule has 1 saturated heterocycles. The lowest BCUT2D eigenvalue weighted by Gasteiger charge is -2.28. The summed E-state index contributed by atoms with van der Waals surface area (Å²) in [5, 5.41) is 2.05. The van der Waals surface area contributed by atoms with Gasteiger partial charge in [0, 0.05) is 18.8 Å². The molecule has 1 aliphatic heterocycles. The number of rotatable bonds is 3. The zero-order valence-corrected chi connectivity index (χ0v) is 11.2.